The normalized spacial score (nSPS) is 16.3. The Morgan fingerprint density at radius 2 is 2.26 bits per heavy atom. The molecule has 0 saturated carbocycles. The fourth-order valence-corrected chi connectivity index (χ4v) is 5.09. The SMILES string of the molecule is COCC1CCc2c(sc3ncnc(Nc4cc(C=N)c(N)cc4C)c23)C1. The van der Waals surface area contributed by atoms with Crippen LogP contribution in [0.1, 0.15) is 28.0 Å². The minimum atomic E-state index is 0.578. The highest BCUT2D eigenvalue weighted by Gasteiger charge is 2.25. The van der Waals surface area contributed by atoms with Crippen LogP contribution in [0.25, 0.3) is 10.2 Å². The van der Waals surface area contributed by atoms with E-state index in [4.69, 9.17) is 15.9 Å². The molecule has 0 amide bonds. The molecule has 1 aliphatic rings. The highest BCUT2D eigenvalue weighted by molar-refractivity contribution is 7.19. The fourth-order valence-electron chi connectivity index (χ4n) is 3.79. The maximum atomic E-state index is 7.55. The van der Waals surface area contributed by atoms with Crippen molar-refractivity contribution in [2.45, 2.75) is 26.2 Å². The van der Waals surface area contributed by atoms with Crippen molar-refractivity contribution < 1.29 is 4.74 Å². The number of nitrogens with zero attached hydrogens (tertiary/aromatic N) is 2. The van der Waals surface area contributed by atoms with Gasteiger partial charge in [0.05, 0.1) is 5.39 Å². The molecule has 0 saturated heterocycles. The molecule has 1 aliphatic carbocycles. The number of benzene rings is 1. The van der Waals surface area contributed by atoms with Crippen LogP contribution in [0.15, 0.2) is 18.5 Å². The second kappa shape index (κ2) is 7.25. The van der Waals surface area contributed by atoms with Gasteiger partial charge in [0.25, 0.3) is 0 Å². The minimum absolute atomic E-state index is 0.578. The summed E-state index contributed by atoms with van der Waals surface area (Å²) in [5, 5.41) is 12.1. The van der Waals surface area contributed by atoms with Gasteiger partial charge in [0.15, 0.2) is 0 Å². The molecule has 1 atom stereocenters. The van der Waals surface area contributed by atoms with Crippen molar-refractivity contribution in [3.05, 3.63) is 40.0 Å². The van der Waals surface area contributed by atoms with Gasteiger partial charge in [0.1, 0.15) is 17.0 Å². The highest BCUT2D eigenvalue weighted by atomic mass is 32.1. The van der Waals surface area contributed by atoms with E-state index >= 15 is 0 Å². The Labute approximate surface area is 162 Å². The largest absolute Gasteiger partial charge is 0.398 e. The van der Waals surface area contributed by atoms with Crippen molar-refractivity contribution in [1.29, 1.82) is 5.41 Å². The van der Waals surface area contributed by atoms with Crippen molar-refractivity contribution in [2.24, 2.45) is 5.92 Å². The highest BCUT2D eigenvalue weighted by Crippen LogP contribution is 2.40. The number of hydrogen-bond acceptors (Lipinski definition) is 7. The van der Waals surface area contributed by atoms with Crippen LogP contribution in [0.3, 0.4) is 0 Å². The summed E-state index contributed by atoms with van der Waals surface area (Å²) in [6.45, 7) is 2.81. The number of anilines is 3. The van der Waals surface area contributed by atoms with Gasteiger partial charge in [0.2, 0.25) is 0 Å². The van der Waals surface area contributed by atoms with Crippen molar-refractivity contribution in [2.75, 3.05) is 24.8 Å². The summed E-state index contributed by atoms with van der Waals surface area (Å²) in [4.78, 5) is 11.5. The lowest BCUT2D eigenvalue weighted by molar-refractivity contribution is 0.145. The number of rotatable bonds is 5. The molecule has 2 aromatic heterocycles. The average molecular weight is 382 g/mol. The Hall–Kier alpha value is -2.51. The molecular formula is C20H23N5OS. The number of thiophene rings is 1. The number of ether oxygens (including phenoxy) is 1. The van der Waals surface area contributed by atoms with Crippen molar-refractivity contribution >= 4 is 45.0 Å². The second-order valence-electron chi connectivity index (χ2n) is 7.04. The number of hydrogen-bond donors (Lipinski definition) is 3. The maximum absolute atomic E-state index is 7.55. The number of nitrogens with one attached hydrogen (secondary N) is 2. The van der Waals surface area contributed by atoms with Gasteiger partial charge in [0, 0.05) is 41.7 Å². The lowest BCUT2D eigenvalue weighted by Crippen LogP contribution is -2.17. The number of nitrogen functional groups attached to an aromatic ring is 1. The topological polar surface area (TPSA) is 96.9 Å². The molecule has 0 spiro atoms. The molecule has 6 nitrogen and oxygen atoms in total. The van der Waals surface area contributed by atoms with Crippen LogP contribution in [0.5, 0.6) is 0 Å². The van der Waals surface area contributed by atoms with E-state index in [0.29, 0.717) is 17.2 Å². The van der Waals surface area contributed by atoms with Crippen LogP contribution >= 0.6 is 11.3 Å². The first kappa shape index (κ1) is 17.9. The Morgan fingerprint density at radius 1 is 1.41 bits per heavy atom. The Bertz CT molecular complexity index is 1010. The number of fused-ring (bicyclic) bond motifs is 3. The number of aromatic nitrogens is 2. The lowest BCUT2D eigenvalue weighted by Gasteiger charge is -2.21. The van der Waals surface area contributed by atoms with Crippen molar-refractivity contribution in [3.63, 3.8) is 0 Å². The van der Waals surface area contributed by atoms with Gasteiger partial charge >= 0.3 is 0 Å². The monoisotopic (exact) mass is 381 g/mol. The number of methoxy groups -OCH3 is 1. The standard InChI is InChI=1S/C20H23N5OS/c1-11-5-15(22)13(8-21)7-16(11)25-19-18-14-4-3-12(9-26-2)6-17(14)27-20(18)24-10-23-19/h5,7-8,10,12,21H,3-4,6,9,22H2,1-2H3,(H,23,24,25). The first-order chi connectivity index (χ1) is 13.1. The van der Waals surface area contributed by atoms with E-state index in [-0.39, 0.29) is 0 Å². The molecule has 140 valence electrons. The van der Waals surface area contributed by atoms with Gasteiger partial charge < -0.3 is 21.2 Å². The molecule has 0 bridgehead atoms. The molecule has 4 rings (SSSR count). The summed E-state index contributed by atoms with van der Waals surface area (Å²) in [6.07, 6.45) is 6.08. The second-order valence-corrected chi connectivity index (χ2v) is 8.12. The van der Waals surface area contributed by atoms with Gasteiger partial charge in [-0.2, -0.15) is 0 Å². The molecule has 1 aromatic carbocycles. The zero-order valence-electron chi connectivity index (χ0n) is 15.5. The van der Waals surface area contributed by atoms with Crippen LogP contribution in [-0.4, -0.2) is 29.9 Å². The quantitative estimate of drug-likeness (QED) is 0.457. The molecule has 27 heavy (non-hydrogen) atoms. The predicted molar refractivity (Wildman–Crippen MR) is 112 cm³/mol. The van der Waals surface area contributed by atoms with Crippen LogP contribution < -0.4 is 11.1 Å². The van der Waals surface area contributed by atoms with Gasteiger partial charge in [-0.1, -0.05) is 0 Å². The van der Waals surface area contributed by atoms with Crippen LogP contribution in [0.2, 0.25) is 0 Å². The van der Waals surface area contributed by atoms with Crippen molar-refractivity contribution in [3.8, 4) is 0 Å². The summed E-state index contributed by atoms with van der Waals surface area (Å²) in [5.41, 5.74) is 10.6. The Kier molecular flexibility index (Phi) is 4.80. The molecular weight excluding hydrogens is 358 g/mol. The molecule has 1 unspecified atom stereocenters. The summed E-state index contributed by atoms with van der Waals surface area (Å²) < 4.78 is 5.35. The van der Waals surface area contributed by atoms with E-state index in [2.05, 4.69) is 15.3 Å². The maximum Gasteiger partial charge on any atom is 0.142 e. The number of nitrogens with two attached hydrogens (primary N) is 1. The van der Waals surface area contributed by atoms with Crippen LogP contribution in [-0.2, 0) is 17.6 Å². The summed E-state index contributed by atoms with van der Waals surface area (Å²) in [5.74, 6) is 1.40. The smallest absolute Gasteiger partial charge is 0.142 e. The Morgan fingerprint density at radius 3 is 3.04 bits per heavy atom. The zero-order chi connectivity index (χ0) is 19.0. The molecule has 0 radical (unpaired) electrons. The van der Waals surface area contributed by atoms with Gasteiger partial charge in [-0.3, -0.25) is 0 Å². The third-order valence-electron chi connectivity index (χ3n) is 5.19. The predicted octanol–water partition coefficient (Wildman–Crippen LogP) is 4.07. The summed E-state index contributed by atoms with van der Waals surface area (Å²) in [6, 6.07) is 3.79. The van der Waals surface area contributed by atoms with Gasteiger partial charge in [-0.05, 0) is 55.4 Å². The van der Waals surface area contributed by atoms with E-state index in [9.17, 15) is 0 Å². The van der Waals surface area contributed by atoms with E-state index < -0.39 is 0 Å². The molecule has 0 fully saturated rings. The first-order valence-electron chi connectivity index (χ1n) is 9.02. The number of aryl methyl sites for hydroxylation is 2. The first-order valence-corrected chi connectivity index (χ1v) is 9.84. The van der Waals surface area contributed by atoms with E-state index in [0.717, 1.165) is 53.2 Å². The van der Waals surface area contributed by atoms with E-state index in [1.807, 2.05) is 19.1 Å². The molecule has 0 aliphatic heterocycles. The van der Waals surface area contributed by atoms with Gasteiger partial charge in [-0.15, -0.1) is 11.3 Å². The summed E-state index contributed by atoms with van der Waals surface area (Å²) in [7, 11) is 1.77. The summed E-state index contributed by atoms with van der Waals surface area (Å²) >= 11 is 1.77. The fraction of sp³-hybridized carbons (Fsp3) is 0.350. The molecule has 2 heterocycles. The third-order valence-corrected chi connectivity index (χ3v) is 6.35. The van der Waals surface area contributed by atoms with Crippen molar-refractivity contribution in [1.82, 2.24) is 9.97 Å². The van der Waals surface area contributed by atoms with E-state index in [1.54, 1.807) is 24.8 Å². The third kappa shape index (κ3) is 3.28. The lowest BCUT2D eigenvalue weighted by atomic mass is 9.88. The van der Waals surface area contributed by atoms with Gasteiger partial charge in [-0.25, -0.2) is 9.97 Å². The van der Waals surface area contributed by atoms with E-state index in [1.165, 1.54) is 16.7 Å². The Balaban J connectivity index is 1.75. The molecule has 4 N–H and O–H groups in total. The van der Waals surface area contributed by atoms with Crippen LogP contribution in [0.4, 0.5) is 17.2 Å². The molecule has 7 heteroatoms. The zero-order valence-corrected chi connectivity index (χ0v) is 16.3. The molecule has 3 aromatic rings. The average Bonchev–Trinajstić information content (AvgIpc) is 3.02. The van der Waals surface area contributed by atoms with Crippen LogP contribution in [0, 0.1) is 18.3 Å². The minimum Gasteiger partial charge on any atom is -0.398 e.